The lowest BCUT2D eigenvalue weighted by atomic mass is 10.1. The van der Waals surface area contributed by atoms with Gasteiger partial charge in [-0.2, -0.15) is 4.98 Å². The van der Waals surface area contributed by atoms with Gasteiger partial charge in [-0.25, -0.2) is 4.39 Å². The third-order valence-electron chi connectivity index (χ3n) is 4.47. The molecule has 1 aliphatic heterocycles. The second-order valence-electron chi connectivity index (χ2n) is 6.33. The van der Waals surface area contributed by atoms with E-state index >= 15 is 0 Å². The van der Waals surface area contributed by atoms with Crippen molar-refractivity contribution >= 4 is 5.91 Å². The Morgan fingerprint density at radius 1 is 1.25 bits per heavy atom. The molecule has 2 aliphatic rings. The molecular formula is C17H18FN3O3. The number of ether oxygens (including phenoxy) is 1. The predicted octanol–water partition coefficient (Wildman–Crippen LogP) is 2.48. The van der Waals surface area contributed by atoms with Crippen molar-refractivity contribution in [3.8, 4) is 5.75 Å². The van der Waals surface area contributed by atoms with Gasteiger partial charge in [-0.05, 0) is 43.5 Å². The Morgan fingerprint density at radius 2 is 2.04 bits per heavy atom. The van der Waals surface area contributed by atoms with Crippen molar-refractivity contribution in [3.05, 3.63) is 41.8 Å². The van der Waals surface area contributed by atoms with Crippen LogP contribution in [0, 0.1) is 5.82 Å². The minimum atomic E-state index is -0.332. The molecule has 1 amide bonds. The standard InChI is InChI=1S/C17H18FN3O3/c18-13-3-5-14(6-4-13)23-10-15(22)21-8-7-12(9-21)16-19-17(24-20-16)11-1-2-11/h3-6,11-12H,1-2,7-10H2. The number of hydrogen-bond donors (Lipinski definition) is 0. The summed E-state index contributed by atoms with van der Waals surface area (Å²) < 4.78 is 23.5. The van der Waals surface area contributed by atoms with Gasteiger partial charge in [-0.1, -0.05) is 5.16 Å². The first-order chi connectivity index (χ1) is 11.7. The molecule has 0 radical (unpaired) electrons. The number of carbonyl (C=O) groups excluding carboxylic acids is 1. The molecule has 0 spiro atoms. The number of hydrogen-bond acceptors (Lipinski definition) is 5. The van der Waals surface area contributed by atoms with Crippen molar-refractivity contribution in [2.75, 3.05) is 19.7 Å². The first-order valence-corrected chi connectivity index (χ1v) is 8.18. The van der Waals surface area contributed by atoms with Crippen LogP contribution in [0.5, 0.6) is 5.75 Å². The summed E-state index contributed by atoms with van der Waals surface area (Å²) in [6.45, 7) is 1.18. The maximum absolute atomic E-state index is 12.8. The molecule has 1 aliphatic carbocycles. The zero-order valence-electron chi connectivity index (χ0n) is 13.2. The van der Waals surface area contributed by atoms with Gasteiger partial charge >= 0.3 is 0 Å². The van der Waals surface area contributed by atoms with Gasteiger partial charge in [0.15, 0.2) is 12.4 Å². The first kappa shape index (κ1) is 15.1. The molecule has 1 atom stereocenters. The topological polar surface area (TPSA) is 68.5 Å². The molecule has 4 rings (SSSR count). The number of benzene rings is 1. The molecule has 126 valence electrons. The fourth-order valence-electron chi connectivity index (χ4n) is 2.87. The van der Waals surface area contributed by atoms with Crippen LogP contribution in [-0.4, -0.2) is 40.6 Å². The zero-order chi connectivity index (χ0) is 16.5. The van der Waals surface area contributed by atoms with Crippen LogP contribution in [0.2, 0.25) is 0 Å². The summed E-state index contributed by atoms with van der Waals surface area (Å²) in [5.41, 5.74) is 0. The van der Waals surface area contributed by atoms with Gasteiger partial charge in [0, 0.05) is 24.9 Å². The van der Waals surface area contributed by atoms with Gasteiger partial charge < -0.3 is 14.2 Å². The van der Waals surface area contributed by atoms with Crippen molar-refractivity contribution < 1.29 is 18.4 Å². The van der Waals surface area contributed by atoms with E-state index in [1.807, 2.05) is 0 Å². The lowest BCUT2D eigenvalue weighted by Gasteiger charge is -2.16. The fourth-order valence-corrected chi connectivity index (χ4v) is 2.87. The van der Waals surface area contributed by atoms with E-state index in [0.717, 1.165) is 25.2 Å². The molecule has 0 N–H and O–H groups in total. The van der Waals surface area contributed by atoms with E-state index in [4.69, 9.17) is 9.26 Å². The summed E-state index contributed by atoms with van der Waals surface area (Å²) in [5, 5.41) is 4.06. The molecule has 0 bridgehead atoms. The van der Waals surface area contributed by atoms with Gasteiger partial charge in [0.2, 0.25) is 5.89 Å². The number of nitrogens with zero attached hydrogens (tertiary/aromatic N) is 3. The maximum Gasteiger partial charge on any atom is 0.260 e. The van der Waals surface area contributed by atoms with Crippen molar-refractivity contribution in [2.45, 2.75) is 31.1 Å². The Bertz CT molecular complexity index is 727. The molecule has 7 heteroatoms. The van der Waals surface area contributed by atoms with Crippen LogP contribution >= 0.6 is 0 Å². The zero-order valence-corrected chi connectivity index (χ0v) is 13.2. The van der Waals surface area contributed by atoms with Crippen LogP contribution in [-0.2, 0) is 4.79 Å². The summed E-state index contributed by atoms with van der Waals surface area (Å²) in [6, 6.07) is 5.63. The van der Waals surface area contributed by atoms with E-state index in [0.29, 0.717) is 30.6 Å². The van der Waals surface area contributed by atoms with Gasteiger partial charge in [-0.15, -0.1) is 0 Å². The number of halogens is 1. The van der Waals surface area contributed by atoms with Gasteiger partial charge in [0.1, 0.15) is 11.6 Å². The Hall–Kier alpha value is -2.44. The molecule has 1 aromatic carbocycles. The monoisotopic (exact) mass is 331 g/mol. The molecule has 2 heterocycles. The molecule has 1 aromatic heterocycles. The second kappa shape index (κ2) is 6.22. The van der Waals surface area contributed by atoms with Crippen LogP contribution in [0.4, 0.5) is 4.39 Å². The highest BCUT2D eigenvalue weighted by molar-refractivity contribution is 5.78. The lowest BCUT2D eigenvalue weighted by Crippen LogP contribution is -2.32. The molecule has 2 fully saturated rings. The van der Waals surface area contributed by atoms with E-state index in [9.17, 15) is 9.18 Å². The average molecular weight is 331 g/mol. The van der Waals surface area contributed by atoms with Gasteiger partial charge in [0.25, 0.3) is 5.91 Å². The third-order valence-corrected chi connectivity index (χ3v) is 4.47. The summed E-state index contributed by atoms with van der Waals surface area (Å²) >= 11 is 0. The van der Waals surface area contributed by atoms with Crippen LogP contribution in [0.15, 0.2) is 28.8 Å². The van der Waals surface area contributed by atoms with Crippen molar-refractivity contribution in [1.29, 1.82) is 0 Å². The third kappa shape index (κ3) is 3.25. The Balaban J connectivity index is 1.30. The SMILES string of the molecule is O=C(COc1ccc(F)cc1)N1CCC(c2noc(C3CC3)n2)C1. The minimum Gasteiger partial charge on any atom is -0.484 e. The van der Waals surface area contributed by atoms with Crippen LogP contribution in [0.1, 0.15) is 42.8 Å². The molecule has 1 saturated carbocycles. The molecule has 2 aromatic rings. The van der Waals surface area contributed by atoms with E-state index in [2.05, 4.69) is 10.1 Å². The molecular weight excluding hydrogens is 313 g/mol. The van der Waals surface area contributed by atoms with Crippen LogP contribution < -0.4 is 4.74 Å². The Morgan fingerprint density at radius 3 is 2.79 bits per heavy atom. The van der Waals surface area contributed by atoms with E-state index < -0.39 is 0 Å². The normalized spacial score (nSPS) is 20.4. The average Bonchev–Trinajstić information content (AvgIpc) is 3.12. The van der Waals surface area contributed by atoms with Crippen molar-refractivity contribution in [3.63, 3.8) is 0 Å². The van der Waals surface area contributed by atoms with Gasteiger partial charge in [-0.3, -0.25) is 4.79 Å². The number of likely N-dealkylation sites (tertiary alicyclic amines) is 1. The quantitative estimate of drug-likeness (QED) is 0.842. The number of carbonyl (C=O) groups is 1. The van der Waals surface area contributed by atoms with Crippen LogP contribution in [0.25, 0.3) is 0 Å². The highest BCUT2D eigenvalue weighted by atomic mass is 19.1. The smallest absolute Gasteiger partial charge is 0.260 e. The summed E-state index contributed by atoms with van der Waals surface area (Å²) in [6.07, 6.45) is 3.07. The summed E-state index contributed by atoms with van der Waals surface area (Å²) in [5.74, 6) is 2.05. The highest BCUT2D eigenvalue weighted by Crippen LogP contribution is 2.39. The predicted molar refractivity (Wildman–Crippen MR) is 82.1 cm³/mol. The number of aromatic nitrogens is 2. The first-order valence-electron chi connectivity index (χ1n) is 8.18. The largest absolute Gasteiger partial charge is 0.484 e. The molecule has 24 heavy (non-hydrogen) atoms. The van der Waals surface area contributed by atoms with Crippen LogP contribution in [0.3, 0.4) is 0 Å². The minimum absolute atomic E-state index is 0.0576. The molecule has 1 saturated heterocycles. The lowest BCUT2D eigenvalue weighted by molar-refractivity contribution is -0.132. The maximum atomic E-state index is 12.8. The van der Waals surface area contributed by atoms with Gasteiger partial charge in [0.05, 0.1) is 0 Å². The van der Waals surface area contributed by atoms with E-state index in [1.165, 1.54) is 24.3 Å². The number of amides is 1. The molecule has 1 unspecified atom stereocenters. The van der Waals surface area contributed by atoms with Crippen molar-refractivity contribution in [2.24, 2.45) is 0 Å². The second-order valence-corrected chi connectivity index (χ2v) is 6.33. The number of rotatable bonds is 5. The Kier molecular flexibility index (Phi) is 3.92. The fraction of sp³-hybridized carbons (Fsp3) is 0.471. The summed E-state index contributed by atoms with van der Waals surface area (Å²) in [7, 11) is 0. The van der Waals surface area contributed by atoms with Crippen molar-refractivity contribution in [1.82, 2.24) is 15.0 Å². The van der Waals surface area contributed by atoms with E-state index in [-0.39, 0.29) is 24.2 Å². The van der Waals surface area contributed by atoms with E-state index in [1.54, 1.807) is 4.90 Å². The highest BCUT2D eigenvalue weighted by Gasteiger charge is 2.34. The Labute approximate surface area is 138 Å². The molecule has 6 nitrogen and oxygen atoms in total. The summed E-state index contributed by atoms with van der Waals surface area (Å²) in [4.78, 5) is 18.5.